The summed E-state index contributed by atoms with van der Waals surface area (Å²) in [5.41, 5.74) is 1.03. The average Bonchev–Trinajstić information content (AvgIpc) is 3.40. The van der Waals surface area contributed by atoms with Crippen LogP contribution in [0.2, 0.25) is 0 Å². The molecule has 0 aromatic heterocycles. The molecule has 1 atom stereocenters. The summed E-state index contributed by atoms with van der Waals surface area (Å²) < 4.78 is 146. The van der Waals surface area contributed by atoms with Crippen LogP contribution in [0.1, 0.15) is 88.4 Å². The van der Waals surface area contributed by atoms with Gasteiger partial charge in [0.2, 0.25) is 40.1 Å². The van der Waals surface area contributed by atoms with Crippen molar-refractivity contribution in [2.45, 2.75) is 103 Å². The zero-order valence-corrected chi connectivity index (χ0v) is 45.5. The van der Waals surface area contributed by atoms with Crippen LogP contribution in [0.15, 0.2) is 141 Å². The maximum Gasteiger partial charge on any atom is 0.244 e. The molecule has 0 aliphatic carbocycles. The van der Waals surface area contributed by atoms with Gasteiger partial charge in [-0.3, -0.25) is 0 Å². The van der Waals surface area contributed by atoms with E-state index in [1.807, 2.05) is 6.92 Å². The van der Waals surface area contributed by atoms with Crippen molar-refractivity contribution >= 4 is 40.1 Å². The summed E-state index contributed by atoms with van der Waals surface area (Å²) in [5.74, 6) is 2.01. The van der Waals surface area contributed by atoms with Crippen LogP contribution in [-0.4, -0.2) is 104 Å². The fraction of sp³-hybridized carbons (Fsp3) is 0.423. The zero-order chi connectivity index (χ0) is 52.9. The molecule has 17 nitrogen and oxygen atoms in total. The minimum Gasteiger partial charge on any atom is -0.497 e. The molecule has 2 N–H and O–H groups in total. The minimum atomic E-state index is -4.30. The quantitative estimate of drug-likeness (QED) is 0.0293. The summed E-state index contributed by atoms with van der Waals surface area (Å²) >= 11 is 0. The lowest BCUT2D eigenvalue weighted by Crippen LogP contribution is -2.45. The first kappa shape index (κ1) is 58.8. The molecular weight excluding hydrogens is 1020 g/mol. The van der Waals surface area contributed by atoms with Crippen LogP contribution in [0.25, 0.3) is 0 Å². The summed E-state index contributed by atoms with van der Waals surface area (Å²) in [6, 6.07) is 31.2. The van der Waals surface area contributed by atoms with Crippen molar-refractivity contribution in [1.29, 1.82) is 0 Å². The molecule has 0 saturated carbocycles. The van der Waals surface area contributed by atoms with Gasteiger partial charge in [-0.05, 0) is 140 Å². The molecule has 0 heterocycles. The molecule has 0 amide bonds. The zero-order valence-electron chi connectivity index (χ0n) is 42.3. The van der Waals surface area contributed by atoms with Crippen molar-refractivity contribution < 1.29 is 57.4 Å². The van der Waals surface area contributed by atoms with E-state index in [0.717, 1.165) is 32.1 Å². The molecule has 5 aromatic rings. The average molecular weight is 1090 g/mol. The maximum absolute atomic E-state index is 14.5. The predicted molar refractivity (Wildman–Crippen MR) is 281 cm³/mol. The highest BCUT2D eigenvalue weighted by atomic mass is 32.2. The highest BCUT2D eigenvalue weighted by Crippen LogP contribution is 2.32. The Morgan fingerprint density at radius 3 is 1.41 bits per heavy atom. The largest absolute Gasteiger partial charge is 0.497 e. The van der Waals surface area contributed by atoms with Gasteiger partial charge in [0.1, 0.15) is 29.2 Å². The van der Waals surface area contributed by atoms with Crippen LogP contribution >= 0.6 is 0 Å². The molecule has 0 bridgehead atoms. The second-order valence-electron chi connectivity index (χ2n) is 17.1. The van der Waals surface area contributed by atoms with Crippen molar-refractivity contribution in [3.8, 4) is 23.0 Å². The number of hydrogen-bond donors (Lipinski definition) is 2. The van der Waals surface area contributed by atoms with E-state index >= 15 is 0 Å². The van der Waals surface area contributed by atoms with Gasteiger partial charge in [-0.15, -0.1) is 0 Å². The predicted octanol–water partition coefficient (Wildman–Crippen LogP) is 8.50. The third-order valence-corrected chi connectivity index (χ3v) is 18.8. The molecule has 0 aliphatic heterocycles. The minimum absolute atomic E-state index is 0.0188. The van der Waals surface area contributed by atoms with E-state index in [1.165, 1.54) is 97.7 Å². The fourth-order valence-corrected chi connectivity index (χ4v) is 13.3. The van der Waals surface area contributed by atoms with Gasteiger partial charge in [-0.25, -0.2) is 38.4 Å². The molecule has 73 heavy (non-hydrogen) atoms. The Balaban J connectivity index is 1.18. The number of benzene rings is 5. The smallest absolute Gasteiger partial charge is 0.244 e. The third-order valence-electron chi connectivity index (χ3n) is 12.1. The maximum atomic E-state index is 14.5. The first-order chi connectivity index (χ1) is 35.0. The second kappa shape index (κ2) is 28.5. The number of nitrogens with one attached hydrogen (secondary N) is 2. The fourth-order valence-electron chi connectivity index (χ4n) is 7.85. The lowest BCUT2D eigenvalue weighted by molar-refractivity contribution is 0.115. The van der Waals surface area contributed by atoms with Crippen molar-refractivity contribution in [2.24, 2.45) is 0 Å². The summed E-state index contributed by atoms with van der Waals surface area (Å²) in [7, 11) is -10.2. The second-order valence-corrected chi connectivity index (χ2v) is 24.4. The van der Waals surface area contributed by atoms with E-state index in [0.29, 0.717) is 79.4 Å². The van der Waals surface area contributed by atoms with Gasteiger partial charge in [-0.2, -0.15) is 13.3 Å². The van der Waals surface area contributed by atoms with Crippen molar-refractivity contribution in [1.82, 2.24) is 18.1 Å². The van der Waals surface area contributed by atoms with Crippen LogP contribution in [0.3, 0.4) is 0 Å². The summed E-state index contributed by atoms with van der Waals surface area (Å²) in [4.78, 5) is 0.167. The number of nitrogens with zero attached hydrogens (tertiary/aromatic N) is 2. The van der Waals surface area contributed by atoms with Gasteiger partial charge in [-0.1, -0.05) is 63.3 Å². The van der Waals surface area contributed by atoms with E-state index in [-0.39, 0.29) is 45.8 Å². The lowest BCUT2D eigenvalue weighted by Gasteiger charge is -2.33. The van der Waals surface area contributed by atoms with Gasteiger partial charge in [0.25, 0.3) is 0 Å². The Hall–Kier alpha value is -5.10. The first-order valence-corrected chi connectivity index (χ1v) is 30.1. The van der Waals surface area contributed by atoms with E-state index in [4.69, 9.17) is 23.7 Å². The third kappa shape index (κ3) is 17.0. The van der Waals surface area contributed by atoms with Gasteiger partial charge in [0.15, 0.2) is 0 Å². The standard InChI is InChI=1S/C52H70N4O13S4/c1-6-7-39-56(73(63,64)50-34-26-46(68-5)27-35-50)52(54-71(59,60)48-30-22-44(66-3)23-31-48)51-19-13-12-18-42(51)41-69-40-17-11-9-8-10-15-37-55(72(61,62)49-32-24-45(67-4)25-33-49)38-16-14-36-53-70(57,58)47-28-20-43(65-2)21-29-47/h12-13,18-35,52-54H,6-11,14-17,36-41H2,1-5H3. The molecule has 0 saturated heterocycles. The van der Waals surface area contributed by atoms with Crippen LogP contribution in [0.5, 0.6) is 23.0 Å². The number of unbranched alkanes of at least 4 members (excludes halogenated alkanes) is 7. The molecule has 21 heteroatoms. The summed E-state index contributed by atoms with van der Waals surface area (Å²) in [6.45, 7) is 3.08. The molecule has 5 aromatic carbocycles. The Labute approximate surface area is 433 Å². The van der Waals surface area contributed by atoms with E-state index in [1.54, 1.807) is 60.7 Å². The van der Waals surface area contributed by atoms with Crippen molar-refractivity contribution in [3.05, 3.63) is 132 Å². The molecule has 0 radical (unpaired) electrons. The Morgan fingerprint density at radius 2 is 0.904 bits per heavy atom. The molecule has 0 aliphatic rings. The van der Waals surface area contributed by atoms with Crippen molar-refractivity contribution in [2.75, 3.05) is 61.2 Å². The van der Waals surface area contributed by atoms with E-state index in [2.05, 4.69) is 9.44 Å². The molecular formula is C52H70N4O13S4. The van der Waals surface area contributed by atoms with Gasteiger partial charge in [0.05, 0.1) is 54.6 Å². The Kier molecular flexibility index (Phi) is 23.0. The molecule has 400 valence electrons. The molecule has 0 spiro atoms. The van der Waals surface area contributed by atoms with Crippen LogP contribution in [-0.2, 0) is 51.4 Å². The topological polar surface area (TPSA) is 213 Å². The van der Waals surface area contributed by atoms with E-state index in [9.17, 15) is 33.7 Å². The van der Waals surface area contributed by atoms with Gasteiger partial charge in [0, 0.05) is 32.8 Å². The summed E-state index contributed by atoms with van der Waals surface area (Å²) in [6.07, 6.45) is 5.33. The van der Waals surface area contributed by atoms with E-state index < -0.39 is 46.3 Å². The van der Waals surface area contributed by atoms with Crippen molar-refractivity contribution in [3.63, 3.8) is 0 Å². The number of hydrogen-bond acceptors (Lipinski definition) is 13. The number of rotatable bonds is 34. The van der Waals surface area contributed by atoms with Gasteiger partial charge < -0.3 is 23.7 Å². The van der Waals surface area contributed by atoms with Crippen LogP contribution < -0.4 is 28.4 Å². The van der Waals surface area contributed by atoms with Gasteiger partial charge >= 0.3 is 0 Å². The van der Waals surface area contributed by atoms with Crippen LogP contribution in [0.4, 0.5) is 0 Å². The lowest BCUT2D eigenvalue weighted by atomic mass is 10.1. The number of methoxy groups -OCH3 is 4. The summed E-state index contributed by atoms with van der Waals surface area (Å²) in [5, 5.41) is 0. The number of sulfonamides is 4. The molecule has 5 rings (SSSR count). The molecule has 0 fully saturated rings. The highest BCUT2D eigenvalue weighted by Gasteiger charge is 2.36. The molecule has 1 unspecified atom stereocenters. The normalized spacial score (nSPS) is 12.8. The highest BCUT2D eigenvalue weighted by molar-refractivity contribution is 7.90. The SMILES string of the molecule is CCCCN(C(NS(=O)(=O)c1ccc(OC)cc1)c1ccccc1COCCCCCCCCN(CCCCNS(=O)(=O)c1ccc(OC)cc1)S(=O)(=O)c1ccc(OC)cc1)S(=O)(=O)c1ccc(OC)cc1. The number of ether oxygens (including phenoxy) is 5. The monoisotopic (exact) mass is 1090 g/mol. The van der Waals surface area contributed by atoms with Crippen LogP contribution in [0, 0.1) is 0 Å². The Bertz CT molecular complexity index is 2910. The Morgan fingerprint density at radius 1 is 0.466 bits per heavy atom. The first-order valence-electron chi connectivity index (χ1n) is 24.3.